The number of aromatic nitrogens is 2. The summed E-state index contributed by atoms with van der Waals surface area (Å²) in [5, 5.41) is 17.7. The largest absolute Gasteiger partial charge is 0.394 e. The molecule has 1 aliphatic rings. The molecule has 1 aromatic rings. The van der Waals surface area contributed by atoms with Gasteiger partial charge in [0.05, 0.1) is 12.3 Å². The van der Waals surface area contributed by atoms with Crippen molar-refractivity contribution in [2.75, 3.05) is 6.61 Å². The number of hydrogen-bond donors (Lipinski definition) is 2. The van der Waals surface area contributed by atoms with Crippen LogP contribution in [0.3, 0.4) is 0 Å². The van der Waals surface area contributed by atoms with Crippen LogP contribution in [0.1, 0.15) is 43.9 Å². The van der Waals surface area contributed by atoms with E-state index in [-0.39, 0.29) is 12.1 Å². The first kappa shape index (κ1) is 13.6. The highest BCUT2D eigenvalue weighted by Gasteiger charge is 2.33. The fourth-order valence-corrected chi connectivity index (χ4v) is 3.13. The summed E-state index contributed by atoms with van der Waals surface area (Å²) in [4.78, 5) is 0. The topological polar surface area (TPSA) is 50.1 Å². The smallest absolute Gasteiger partial charge is 0.0638 e. The van der Waals surface area contributed by atoms with E-state index in [4.69, 9.17) is 0 Å². The van der Waals surface area contributed by atoms with E-state index >= 15 is 0 Å². The quantitative estimate of drug-likeness (QED) is 0.857. The van der Waals surface area contributed by atoms with Crippen LogP contribution >= 0.6 is 0 Å². The zero-order chi connectivity index (χ0) is 13.2. The summed E-state index contributed by atoms with van der Waals surface area (Å²) in [5.74, 6) is 0.702. The number of nitrogens with one attached hydrogen (secondary N) is 1. The van der Waals surface area contributed by atoms with Crippen LogP contribution in [0.4, 0.5) is 0 Å². The van der Waals surface area contributed by atoms with E-state index in [0.29, 0.717) is 5.92 Å². The van der Waals surface area contributed by atoms with Gasteiger partial charge in [-0.05, 0) is 25.7 Å². The average molecular weight is 251 g/mol. The second-order valence-electron chi connectivity index (χ2n) is 5.91. The van der Waals surface area contributed by atoms with Crippen LogP contribution in [0.2, 0.25) is 0 Å². The molecule has 4 heteroatoms. The average Bonchev–Trinajstić information content (AvgIpc) is 2.65. The number of hydrogen-bond acceptors (Lipinski definition) is 3. The molecule has 0 aromatic carbocycles. The highest BCUT2D eigenvalue weighted by atomic mass is 16.3. The van der Waals surface area contributed by atoms with Crippen LogP contribution in [0.25, 0.3) is 0 Å². The maximum Gasteiger partial charge on any atom is 0.0638 e. The van der Waals surface area contributed by atoms with Gasteiger partial charge in [0, 0.05) is 30.9 Å². The molecule has 1 heterocycles. The Balaban J connectivity index is 2.00. The molecule has 0 amide bonds. The van der Waals surface area contributed by atoms with Gasteiger partial charge in [-0.3, -0.25) is 4.68 Å². The van der Waals surface area contributed by atoms with Crippen LogP contribution in [0, 0.1) is 12.8 Å². The Morgan fingerprint density at radius 1 is 1.61 bits per heavy atom. The van der Waals surface area contributed by atoms with E-state index in [9.17, 15) is 5.11 Å². The summed E-state index contributed by atoms with van der Waals surface area (Å²) in [5.41, 5.74) is 2.21. The molecule has 102 valence electrons. The number of rotatable bonds is 4. The van der Waals surface area contributed by atoms with Gasteiger partial charge >= 0.3 is 0 Å². The minimum Gasteiger partial charge on any atom is -0.394 e. The predicted octanol–water partition coefficient (Wildman–Crippen LogP) is 1.76. The Bertz CT molecular complexity index is 402. The molecule has 1 aliphatic carbocycles. The molecule has 1 saturated carbocycles. The maximum atomic E-state index is 9.73. The van der Waals surface area contributed by atoms with Crippen LogP contribution in [-0.2, 0) is 13.6 Å². The Kier molecular flexibility index (Phi) is 4.07. The minimum atomic E-state index is -0.0834. The standard InChI is InChI=1S/C14H25N3O/c1-11-5-4-6-14(7-11,10-18)15-8-13-9-17(3)16-12(13)2/h9,11,15,18H,4-8,10H2,1-3H3. The first-order valence-electron chi connectivity index (χ1n) is 6.90. The van der Waals surface area contributed by atoms with E-state index in [1.807, 2.05) is 18.7 Å². The fourth-order valence-electron chi connectivity index (χ4n) is 3.13. The van der Waals surface area contributed by atoms with Gasteiger partial charge in [-0.15, -0.1) is 0 Å². The van der Waals surface area contributed by atoms with Crippen LogP contribution in [0.5, 0.6) is 0 Å². The monoisotopic (exact) mass is 251 g/mol. The molecule has 0 aliphatic heterocycles. The third-order valence-corrected chi connectivity index (χ3v) is 4.16. The van der Waals surface area contributed by atoms with Crippen LogP contribution in [-0.4, -0.2) is 27.0 Å². The number of aliphatic hydroxyl groups excluding tert-OH is 1. The van der Waals surface area contributed by atoms with Crippen molar-refractivity contribution in [3.8, 4) is 0 Å². The van der Waals surface area contributed by atoms with Gasteiger partial charge < -0.3 is 10.4 Å². The van der Waals surface area contributed by atoms with Crippen molar-refractivity contribution in [2.24, 2.45) is 13.0 Å². The predicted molar refractivity (Wildman–Crippen MR) is 72.2 cm³/mol. The first-order valence-corrected chi connectivity index (χ1v) is 6.90. The van der Waals surface area contributed by atoms with E-state index in [0.717, 1.165) is 25.1 Å². The summed E-state index contributed by atoms with van der Waals surface area (Å²) in [6.07, 6.45) is 6.70. The summed E-state index contributed by atoms with van der Waals surface area (Å²) in [6.45, 7) is 5.34. The summed E-state index contributed by atoms with van der Waals surface area (Å²) >= 11 is 0. The molecule has 1 aromatic heterocycles. The molecule has 0 radical (unpaired) electrons. The van der Waals surface area contributed by atoms with E-state index in [1.54, 1.807) is 0 Å². The van der Waals surface area contributed by atoms with Gasteiger partial charge in [0.2, 0.25) is 0 Å². The third kappa shape index (κ3) is 2.93. The SMILES string of the molecule is Cc1nn(C)cc1CNC1(CO)CCCC(C)C1. The van der Waals surface area contributed by atoms with Gasteiger partial charge in [-0.1, -0.05) is 19.8 Å². The Hall–Kier alpha value is -0.870. The van der Waals surface area contributed by atoms with Gasteiger partial charge in [-0.2, -0.15) is 5.10 Å². The van der Waals surface area contributed by atoms with Crippen molar-refractivity contribution in [2.45, 2.75) is 51.6 Å². The molecule has 2 rings (SSSR count). The molecule has 2 unspecified atom stereocenters. The van der Waals surface area contributed by atoms with Crippen molar-refractivity contribution in [3.05, 3.63) is 17.5 Å². The minimum absolute atomic E-state index is 0.0834. The number of nitrogens with zero attached hydrogens (tertiary/aromatic N) is 2. The van der Waals surface area contributed by atoms with Crippen molar-refractivity contribution in [1.29, 1.82) is 0 Å². The van der Waals surface area contributed by atoms with Crippen LogP contribution < -0.4 is 5.32 Å². The molecule has 4 nitrogen and oxygen atoms in total. The van der Waals surface area contributed by atoms with Crippen molar-refractivity contribution < 1.29 is 5.11 Å². The van der Waals surface area contributed by atoms with E-state index < -0.39 is 0 Å². The third-order valence-electron chi connectivity index (χ3n) is 4.16. The van der Waals surface area contributed by atoms with Gasteiger partial charge in [0.1, 0.15) is 0 Å². The maximum absolute atomic E-state index is 9.73. The van der Waals surface area contributed by atoms with Crippen molar-refractivity contribution in [1.82, 2.24) is 15.1 Å². The zero-order valence-electron chi connectivity index (χ0n) is 11.7. The summed E-state index contributed by atoms with van der Waals surface area (Å²) in [6, 6.07) is 0. The van der Waals surface area contributed by atoms with E-state index in [2.05, 4.69) is 23.5 Å². The lowest BCUT2D eigenvalue weighted by atomic mass is 9.77. The molecule has 0 spiro atoms. The van der Waals surface area contributed by atoms with E-state index in [1.165, 1.54) is 18.4 Å². The first-order chi connectivity index (χ1) is 8.54. The number of aliphatic hydroxyl groups is 1. The van der Waals surface area contributed by atoms with Crippen LogP contribution in [0.15, 0.2) is 6.20 Å². The summed E-state index contributed by atoms with van der Waals surface area (Å²) < 4.78 is 1.85. The molecule has 0 saturated heterocycles. The molecule has 2 N–H and O–H groups in total. The molecular weight excluding hydrogens is 226 g/mol. The lowest BCUT2D eigenvalue weighted by molar-refractivity contribution is 0.0982. The van der Waals surface area contributed by atoms with Gasteiger partial charge in [0.15, 0.2) is 0 Å². The van der Waals surface area contributed by atoms with Gasteiger partial charge in [-0.25, -0.2) is 0 Å². The normalized spacial score (nSPS) is 28.6. The van der Waals surface area contributed by atoms with Crippen molar-refractivity contribution in [3.63, 3.8) is 0 Å². The van der Waals surface area contributed by atoms with Crippen molar-refractivity contribution >= 4 is 0 Å². The summed E-state index contributed by atoms with van der Waals surface area (Å²) in [7, 11) is 1.95. The molecule has 1 fully saturated rings. The fraction of sp³-hybridized carbons (Fsp3) is 0.786. The molecule has 0 bridgehead atoms. The highest BCUT2D eigenvalue weighted by Crippen LogP contribution is 2.32. The lowest BCUT2D eigenvalue weighted by Gasteiger charge is -2.39. The highest BCUT2D eigenvalue weighted by molar-refractivity contribution is 5.15. The second-order valence-corrected chi connectivity index (χ2v) is 5.91. The Morgan fingerprint density at radius 2 is 2.39 bits per heavy atom. The molecular formula is C14H25N3O. The number of aryl methyl sites for hydroxylation is 2. The second kappa shape index (κ2) is 5.41. The molecule has 2 atom stereocenters. The Morgan fingerprint density at radius 3 is 2.94 bits per heavy atom. The zero-order valence-corrected chi connectivity index (χ0v) is 11.7. The molecule has 18 heavy (non-hydrogen) atoms. The lowest BCUT2D eigenvalue weighted by Crippen LogP contribution is -2.51. The Labute approximate surface area is 109 Å². The van der Waals surface area contributed by atoms with Gasteiger partial charge in [0.25, 0.3) is 0 Å².